The molecule has 2 aromatic heterocycles. The zero-order valence-electron chi connectivity index (χ0n) is 15.2. The summed E-state index contributed by atoms with van der Waals surface area (Å²) in [6, 6.07) is 13.7. The molecule has 0 saturated heterocycles. The second-order valence-corrected chi connectivity index (χ2v) is 7.02. The summed E-state index contributed by atoms with van der Waals surface area (Å²) in [7, 11) is 2.07. The molecule has 0 unspecified atom stereocenters. The molecule has 0 spiro atoms. The molecular formula is C21H19ClN4O. The maximum atomic E-state index is 5.95. The van der Waals surface area contributed by atoms with Crippen molar-refractivity contribution in [3.63, 3.8) is 0 Å². The molecule has 0 fully saturated rings. The molecule has 136 valence electrons. The first-order valence-electron chi connectivity index (χ1n) is 8.69. The Morgan fingerprint density at radius 1 is 0.963 bits per heavy atom. The van der Waals surface area contributed by atoms with Crippen LogP contribution in [0.5, 0.6) is 0 Å². The highest BCUT2D eigenvalue weighted by atomic mass is 35.5. The van der Waals surface area contributed by atoms with Crippen LogP contribution in [0.4, 0.5) is 0 Å². The van der Waals surface area contributed by atoms with Crippen molar-refractivity contribution in [2.24, 2.45) is 0 Å². The standard InChI is InChI=1S/C21H19ClN4O/c1-14-20(25-21(27-14)16-4-6-17(22)7-5-16)13-26(2)12-15-3-8-18-19(11-15)24-10-9-23-18/h3-11H,12-13H2,1-2H3. The summed E-state index contributed by atoms with van der Waals surface area (Å²) in [5, 5.41) is 0.696. The second-order valence-electron chi connectivity index (χ2n) is 6.58. The molecule has 0 saturated carbocycles. The van der Waals surface area contributed by atoms with Gasteiger partial charge in [0.1, 0.15) is 5.76 Å². The molecule has 0 aliphatic rings. The first kappa shape index (κ1) is 17.6. The van der Waals surface area contributed by atoms with E-state index in [-0.39, 0.29) is 0 Å². The molecule has 0 amide bonds. The minimum absolute atomic E-state index is 0.619. The monoisotopic (exact) mass is 378 g/mol. The van der Waals surface area contributed by atoms with Gasteiger partial charge in [-0.25, -0.2) is 4.98 Å². The number of rotatable bonds is 5. The summed E-state index contributed by atoms with van der Waals surface area (Å²) >= 11 is 5.95. The number of aromatic nitrogens is 3. The highest BCUT2D eigenvalue weighted by molar-refractivity contribution is 6.30. The number of halogens is 1. The van der Waals surface area contributed by atoms with Crippen LogP contribution in [-0.2, 0) is 13.1 Å². The average molecular weight is 379 g/mol. The molecule has 4 rings (SSSR count). The maximum absolute atomic E-state index is 5.95. The third-order valence-corrected chi connectivity index (χ3v) is 4.64. The van der Waals surface area contributed by atoms with E-state index in [2.05, 4.69) is 39.0 Å². The minimum Gasteiger partial charge on any atom is -0.441 e. The summed E-state index contributed by atoms with van der Waals surface area (Å²) < 4.78 is 5.85. The molecule has 0 N–H and O–H groups in total. The summed E-state index contributed by atoms with van der Waals surface area (Å²) in [6.45, 7) is 3.43. The fourth-order valence-corrected chi connectivity index (χ4v) is 3.15. The largest absolute Gasteiger partial charge is 0.441 e. The van der Waals surface area contributed by atoms with E-state index in [1.54, 1.807) is 12.4 Å². The van der Waals surface area contributed by atoms with Crippen molar-refractivity contribution in [2.75, 3.05) is 7.05 Å². The van der Waals surface area contributed by atoms with Gasteiger partial charge in [-0.3, -0.25) is 14.9 Å². The van der Waals surface area contributed by atoms with Gasteiger partial charge in [-0.1, -0.05) is 17.7 Å². The van der Waals surface area contributed by atoms with E-state index in [1.165, 1.54) is 5.56 Å². The van der Waals surface area contributed by atoms with Crippen LogP contribution in [0.3, 0.4) is 0 Å². The summed E-state index contributed by atoms with van der Waals surface area (Å²) in [5.41, 5.74) is 4.85. The van der Waals surface area contributed by atoms with Gasteiger partial charge in [-0.2, -0.15) is 0 Å². The van der Waals surface area contributed by atoms with Gasteiger partial charge in [-0.15, -0.1) is 0 Å². The number of oxazole rings is 1. The Balaban J connectivity index is 1.48. The number of fused-ring (bicyclic) bond motifs is 1. The molecule has 0 atom stereocenters. The van der Waals surface area contributed by atoms with E-state index >= 15 is 0 Å². The summed E-state index contributed by atoms with van der Waals surface area (Å²) in [6.07, 6.45) is 3.42. The Hall–Kier alpha value is -2.76. The van der Waals surface area contributed by atoms with Crippen LogP contribution < -0.4 is 0 Å². The van der Waals surface area contributed by atoms with Crippen molar-refractivity contribution in [3.8, 4) is 11.5 Å². The Kier molecular flexibility index (Phi) is 4.88. The molecule has 0 aliphatic heterocycles. The lowest BCUT2D eigenvalue weighted by atomic mass is 10.2. The topological polar surface area (TPSA) is 55.1 Å². The molecule has 2 aromatic carbocycles. The van der Waals surface area contributed by atoms with Gasteiger partial charge in [0.25, 0.3) is 0 Å². The van der Waals surface area contributed by atoms with Crippen LogP contribution >= 0.6 is 11.6 Å². The summed E-state index contributed by atoms with van der Waals surface area (Å²) in [4.78, 5) is 15.6. The van der Waals surface area contributed by atoms with E-state index in [1.807, 2.05) is 37.3 Å². The van der Waals surface area contributed by atoms with Gasteiger partial charge in [0.05, 0.1) is 16.7 Å². The predicted octanol–water partition coefficient (Wildman–Crippen LogP) is 4.88. The lowest BCUT2D eigenvalue weighted by molar-refractivity contribution is 0.313. The number of nitrogens with zero attached hydrogens (tertiary/aromatic N) is 4. The molecule has 4 aromatic rings. The predicted molar refractivity (Wildman–Crippen MR) is 106 cm³/mol. The van der Waals surface area contributed by atoms with E-state index in [0.29, 0.717) is 17.5 Å². The van der Waals surface area contributed by atoms with Gasteiger partial charge >= 0.3 is 0 Å². The van der Waals surface area contributed by atoms with E-state index < -0.39 is 0 Å². The number of benzene rings is 2. The molecule has 0 radical (unpaired) electrons. The van der Waals surface area contributed by atoms with Gasteiger partial charge in [0.2, 0.25) is 5.89 Å². The van der Waals surface area contributed by atoms with Crippen LogP contribution in [0.15, 0.2) is 59.3 Å². The van der Waals surface area contributed by atoms with Crippen LogP contribution in [0.2, 0.25) is 5.02 Å². The van der Waals surface area contributed by atoms with Crippen LogP contribution in [0, 0.1) is 6.92 Å². The van der Waals surface area contributed by atoms with Gasteiger partial charge in [-0.05, 0) is 55.9 Å². The third-order valence-electron chi connectivity index (χ3n) is 4.39. The fourth-order valence-electron chi connectivity index (χ4n) is 3.02. The van der Waals surface area contributed by atoms with Gasteiger partial charge < -0.3 is 4.42 Å². The smallest absolute Gasteiger partial charge is 0.226 e. The van der Waals surface area contributed by atoms with Crippen LogP contribution in [0.1, 0.15) is 17.0 Å². The van der Waals surface area contributed by atoms with Gasteiger partial charge in [0, 0.05) is 36.1 Å². The molecule has 27 heavy (non-hydrogen) atoms. The Bertz CT molecular complexity index is 1080. The molecule has 2 heterocycles. The van der Waals surface area contributed by atoms with E-state index in [9.17, 15) is 0 Å². The molecule has 6 heteroatoms. The highest BCUT2D eigenvalue weighted by Gasteiger charge is 2.13. The molecular weight excluding hydrogens is 360 g/mol. The second kappa shape index (κ2) is 7.47. The third kappa shape index (κ3) is 3.99. The van der Waals surface area contributed by atoms with Crippen LogP contribution in [-0.4, -0.2) is 26.9 Å². The quantitative estimate of drug-likeness (QED) is 0.495. The van der Waals surface area contributed by atoms with Crippen molar-refractivity contribution in [3.05, 3.63) is 76.9 Å². The number of hydrogen-bond donors (Lipinski definition) is 0. The SMILES string of the molecule is Cc1oc(-c2ccc(Cl)cc2)nc1CN(C)Cc1ccc2nccnc2c1. The molecule has 0 bridgehead atoms. The van der Waals surface area contributed by atoms with Crippen molar-refractivity contribution in [1.29, 1.82) is 0 Å². The molecule has 0 aliphatic carbocycles. The zero-order valence-corrected chi connectivity index (χ0v) is 15.9. The number of hydrogen-bond acceptors (Lipinski definition) is 5. The molecule has 5 nitrogen and oxygen atoms in total. The van der Waals surface area contributed by atoms with Crippen LogP contribution in [0.25, 0.3) is 22.5 Å². The average Bonchev–Trinajstić information content (AvgIpc) is 3.02. The normalized spacial score (nSPS) is 11.4. The Labute approximate surface area is 162 Å². The van der Waals surface area contributed by atoms with Gasteiger partial charge in [0.15, 0.2) is 0 Å². The van der Waals surface area contributed by atoms with E-state index in [0.717, 1.165) is 34.6 Å². The maximum Gasteiger partial charge on any atom is 0.226 e. The highest BCUT2D eigenvalue weighted by Crippen LogP contribution is 2.24. The van der Waals surface area contributed by atoms with E-state index in [4.69, 9.17) is 16.0 Å². The van der Waals surface area contributed by atoms with Crippen molar-refractivity contribution < 1.29 is 4.42 Å². The Morgan fingerprint density at radius 3 is 2.48 bits per heavy atom. The minimum atomic E-state index is 0.619. The lowest BCUT2D eigenvalue weighted by Crippen LogP contribution is -2.18. The lowest BCUT2D eigenvalue weighted by Gasteiger charge is -2.15. The number of aryl methyl sites for hydroxylation is 1. The summed E-state index contributed by atoms with van der Waals surface area (Å²) in [5.74, 6) is 1.45. The fraction of sp³-hybridized carbons (Fsp3) is 0.190. The first-order chi connectivity index (χ1) is 13.1. The Morgan fingerprint density at radius 2 is 1.70 bits per heavy atom. The van der Waals surface area contributed by atoms with Crippen molar-refractivity contribution in [1.82, 2.24) is 19.9 Å². The van der Waals surface area contributed by atoms with Crippen molar-refractivity contribution in [2.45, 2.75) is 20.0 Å². The first-order valence-corrected chi connectivity index (χ1v) is 9.07. The van der Waals surface area contributed by atoms with Crippen molar-refractivity contribution >= 4 is 22.6 Å². The zero-order chi connectivity index (χ0) is 18.8.